The van der Waals surface area contributed by atoms with Crippen molar-refractivity contribution in [3.8, 4) is 6.07 Å². The zero-order valence-electron chi connectivity index (χ0n) is 10.6. The van der Waals surface area contributed by atoms with Gasteiger partial charge in [0.1, 0.15) is 0 Å². The summed E-state index contributed by atoms with van der Waals surface area (Å²) in [6, 6.07) is 9.05. The first-order valence-corrected chi connectivity index (χ1v) is 6.34. The molecule has 98 valence electrons. The van der Waals surface area contributed by atoms with Gasteiger partial charge in [-0.1, -0.05) is 12.1 Å². The second kappa shape index (κ2) is 6.17. The largest absolute Gasteiger partial charge is 0.394 e. The van der Waals surface area contributed by atoms with E-state index in [9.17, 15) is 9.90 Å². The lowest BCUT2D eigenvalue weighted by molar-refractivity contribution is -0.127. The van der Waals surface area contributed by atoms with Crippen LogP contribution < -0.4 is 0 Å². The van der Waals surface area contributed by atoms with Gasteiger partial charge in [0.25, 0.3) is 0 Å². The maximum Gasteiger partial charge on any atom is 0.246 e. The van der Waals surface area contributed by atoms with Gasteiger partial charge < -0.3 is 10.0 Å². The van der Waals surface area contributed by atoms with Crippen molar-refractivity contribution >= 4 is 12.0 Å². The summed E-state index contributed by atoms with van der Waals surface area (Å²) in [4.78, 5) is 13.7. The van der Waals surface area contributed by atoms with Crippen molar-refractivity contribution in [2.45, 2.75) is 18.9 Å². The minimum atomic E-state index is -0.0686. The number of hydrogen-bond donors (Lipinski definition) is 1. The predicted octanol–water partition coefficient (Wildman–Crippen LogP) is 1.55. The van der Waals surface area contributed by atoms with Gasteiger partial charge in [-0.25, -0.2) is 0 Å². The Morgan fingerprint density at radius 1 is 1.47 bits per heavy atom. The van der Waals surface area contributed by atoms with E-state index in [4.69, 9.17) is 5.26 Å². The average molecular weight is 256 g/mol. The van der Waals surface area contributed by atoms with E-state index >= 15 is 0 Å². The molecular weight excluding hydrogens is 240 g/mol. The van der Waals surface area contributed by atoms with Crippen molar-refractivity contribution in [2.75, 3.05) is 13.2 Å². The first-order valence-electron chi connectivity index (χ1n) is 6.34. The Kier molecular flexibility index (Phi) is 4.32. The smallest absolute Gasteiger partial charge is 0.246 e. The minimum Gasteiger partial charge on any atom is -0.394 e. The summed E-state index contributed by atoms with van der Waals surface area (Å²) >= 11 is 0. The molecule has 2 rings (SSSR count). The van der Waals surface area contributed by atoms with Gasteiger partial charge in [0.15, 0.2) is 0 Å². The number of benzene rings is 1. The molecule has 0 radical (unpaired) electrons. The minimum absolute atomic E-state index is 0.0243. The number of amides is 1. The van der Waals surface area contributed by atoms with Gasteiger partial charge in [-0.15, -0.1) is 0 Å². The van der Waals surface area contributed by atoms with E-state index in [0.29, 0.717) is 12.1 Å². The highest BCUT2D eigenvalue weighted by atomic mass is 16.3. The fraction of sp³-hybridized carbons (Fsp3) is 0.333. The molecule has 1 aromatic rings. The van der Waals surface area contributed by atoms with E-state index in [0.717, 1.165) is 18.4 Å². The van der Waals surface area contributed by atoms with E-state index < -0.39 is 0 Å². The predicted molar refractivity (Wildman–Crippen MR) is 72.0 cm³/mol. The molecule has 1 N–H and O–H groups in total. The molecule has 4 heteroatoms. The Morgan fingerprint density at radius 2 is 2.21 bits per heavy atom. The zero-order valence-corrected chi connectivity index (χ0v) is 10.6. The van der Waals surface area contributed by atoms with E-state index in [1.54, 1.807) is 35.2 Å². The van der Waals surface area contributed by atoms with Crippen LogP contribution in [0.3, 0.4) is 0 Å². The molecule has 1 heterocycles. The summed E-state index contributed by atoms with van der Waals surface area (Å²) in [5, 5.41) is 17.9. The molecule has 1 unspecified atom stereocenters. The fourth-order valence-corrected chi connectivity index (χ4v) is 2.25. The Hall–Kier alpha value is -2.12. The standard InChI is InChI=1S/C15H16N2O2/c16-10-13-5-3-12(4-6-13)7-8-15(19)17-9-1-2-14(17)11-18/h3-8,14,18H,1-2,9,11H2. The van der Waals surface area contributed by atoms with Gasteiger partial charge >= 0.3 is 0 Å². The van der Waals surface area contributed by atoms with Crippen molar-refractivity contribution < 1.29 is 9.90 Å². The highest BCUT2D eigenvalue weighted by Crippen LogP contribution is 2.17. The fourth-order valence-electron chi connectivity index (χ4n) is 2.25. The summed E-state index contributed by atoms with van der Waals surface area (Å²) in [7, 11) is 0. The summed E-state index contributed by atoms with van der Waals surface area (Å²) in [5.41, 5.74) is 1.48. The maximum absolute atomic E-state index is 12.0. The number of nitriles is 1. The van der Waals surface area contributed by atoms with Crippen LogP contribution in [-0.2, 0) is 4.79 Å². The lowest BCUT2D eigenvalue weighted by atomic mass is 10.1. The third-order valence-corrected chi connectivity index (χ3v) is 3.33. The zero-order chi connectivity index (χ0) is 13.7. The van der Waals surface area contributed by atoms with E-state index in [2.05, 4.69) is 6.07 Å². The van der Waals surface area contributed by atoms with Gasteiger partial charge in [-0.3, -0.25) is 4.79 Å². The second-order valence-corrected chi connectivity index (χ2v) is 4.58. The third kappa shape index (κ3) is 3.21. The van der Waals surface area contributed by atoms with Gasteiger partial charge in [0, 0.05) is 12.6 Å². The number of aliphatic hydroxyl groups excluding tert-OH is 1. The number of carbonyl (C=O) groups excluding carboxylic acids is 1. The lowest BCUT2D eigenvalue weighted by Crippen LogP contribution is -2.36. The van der Waals surface area contributed by atoms with Gasteiger partial charge in [-0.05, 0) is 36.6 Å². The highest BCUT2D eigenvalue weighted by molar-refractivity contribution is 5.92. The van der Waals surface area contributed by atoms with Crippen LogP contribution in [0.25, 0.3) is 6.08 Å². The van der Waals surface area contributed by atoms with Crippen LogP contribution in [0.2, 0.25) is 0 Å². The molecule has 1 aliphatic rings. The molecule has 0 spiro atoms. The molecule has 0 aromatic heterocycles. The van der Waals surface area contributed by atoms with Crippen LogP contribution >= 0.6 is 0 Å². The van der Waals surface area contributed by atoms with Crippen LogP contribution in [-0.4, -0.2) is 35.1 Å². The van der Waals surface area contributed by atoms with E-state index in [-0.39, 0.29) is 18.6 Å². The molecular formula is C15H16N2O2. The number of aliphatic hydroxyl groups is 1. The molecule has 1 aliphatic heterocycles. The Bertz CT molecular complexity index is 514. The van der Waals surface area contributed by atoms with Gasteiger partial charge in [0.2, 0.25) is 5.91 Å². The Balaban J connectivity index is 2.01. The quantitative estimate of drug-likeness (QED) is 0.835. The SMILES string of the molecule is N#Cc1ccc(C=CC(=O)N2CCCC2CO)cc1. The first kappa shape index (κ1) is 13.3. The van der Waals surface area contributed by atoms with Crippen molar-refractivity contribution in [1.29, 1.82) is 5.26 Å². The van der Waals surface area contributed by atoms with Gasteiger partial charge in [0.05, 0.1) is 24.3 Å². The summed E-state index contributed by atoms with van der Waals surface area (Å²) in [6.07, 6.45) is 5.07. The lowest BCUT2D eigenvalue weighted by Gasteiger charge is -2.21. The number of likely N-dealkylation sites (tertiary alicyclic amines) is 1. The third-order valence-electron chi connectivity index (χ3n) is 3.33. The number of hydrogen-bond acceptors (Lipinski definition) is 3. The van der Waals surface area contributed by atoms with Gasteiger partial charge in [-0.2, -0.15) is 5.26 Å². The molecule has 1 aromatic carbocycles. The number of carbonyl (C=O) groups is 1. The molecule has 4 nitrogen and oxygen atoms in total. The summed E-state index contributed by atoms with van der Waals surface area (Å²) in [5.74, 6) is -0.0686. The van der Waals surface area contributed by atoms with Crippen LogP contribution in [0.15, 0.2) is 30.3 Å². The topological polar surface area (TPSA) is 64.3 Å². The molecule has 1 saturated heterocycles. The molecule has 1 fully saturated rings. The summed E-state index contributed by atoms with van der Waals surface area (Å²) < 4.78 is 0. The van der Waals surface area contributed by atoms with E-state index in [1.165, 1.54) is 6.08 Å². The normalized spacial score (nSPS) is 18.7. The van der Waals surface area contributed by atoms with Crippen molar-refractivity contribution in [3.63, 3.8) is 0 Å². The van der Waals surface area contributed by atoms with Crippen molar-refractivity contribution in [3.05, 3.63) is 41.5 Å². The monoisotopic (exact) mass is 256 g/mol. The van der Waals surface area contributed by atoms with Crippen LogP contribution in [0.4, 0.5) is 0 Å². The van der Waals surface area contributed by atoms with Crippen LogP contribution in [0, 0.1) is 11.3 Å². The maximum atomic E-state index is 12.0. The number of nitrogens with zero attached hydrogens (tertiary/aromatic N) is 2. The summed E-state index contributed by atoms with van der Waals surface area (Å²) in [6.45, 7) is 0.734. The molecule has 0 saturated carbocycles. The van der Waals surface area contributed by atoms with Crippen LogP contribution in [0.1, 0.15) is 24.0 Å². The first-order chi connectivity index (χ1) is 9.24. The molecule has 0 aliphatic carbocycles. The molecule has 1 atom stereocenters. The Labute approximate surface area is 112 Å². The van der Waals surface area contributed by atoms with Crippen molar-refractivity contribution in [2.24, 2.45) is 0 Å². The molecule has 19 heavy (non-hydrogen) atoms. The average Bonchev–Trinajstić information content (AvgIpc) is 2.93. The number of rotatable bonds is 3. The van der Waals surface area contributed by atoms with Crippen molar-refractivity contribution in [1.82, 2.24) is 4.90 Å². The molecule has 0 bridgehead atoms. The van der Waals surface area contributed by atoms with E-state index in [1.807, 2.05) is 0 Å². The highest BCUT2D eigenvalue weighted by Gasteiger charge is 2.26. The second-order valence-electron chi connectivity index (χ2n) is 4.58. The van der Waals surface area contributed by atoms with Crippen LogP contribution in [0.5, 0.6) is 0 Å². The molecule has 1 amide bonds. The Morgan fingerprint density at radius 3 is 2.84 bits per heavy atom.